The van der Waals surface area contributed by atoms with Crippen LogP contribution in [0.4, 0.5) is 0 Å². The first-order valence-corrected chi connectivity index (χ1v) is 19.0. The maximum absolute atomic E-state index is 12.2. The van der Waals surface area contributed by atoms with Gasteiger partial charge in [-0.25, -0.2) is 0 Å². The molecule has 2 N–H and O–H groups in total. The Kier molecular flexibility index (Phi) is 31.1. The molecule has 6 nitrogen and oxygen atoms in total. The molecule has 0 saturated carbocycles. The molecule has 264 valence electrons. The third kappa shape index (κ3) is 30.7. The number of allylic oxidation sites excluding steroid dienone is 4. The Morgan fingerprint density at radius 3 is 1.20 bits per heavy atom. The third-order valence-corrected chi connectivity index (χ3v) is 8.39. The number of hydrogen-bond acceptors (Lipinski definition) is 6. The van der Waals surface area contributed by atoms with Crippen LogP contribution in [-0.2, 0) is 19.1 Å². The molecule has 0 aromatic carbocycles. The van der Waals surface area contributed by atoms with Gasteiger partial charge in [0.25, 0.3) is 0 Å². The van der Waals surface area contributed by atoms with Crippen LogP contribution in [0, 0.1) is 0 Å². The summed E-state index contributed by atoms with van der Waals surface area (Å²) in [5.74, 6) is -4.03. The van der Waals surface area contributed by atoms with E-state index in [4.69, 9.17) is 9.47 Å². The minimum atomic E-state index is -2.82. The lowest BCUT2D eigenvalue weighted by molar-refractivity contribution is -0.356. The van der Waals surface area contributed by atoms with Crippen molar-refractivity contribution in [2.45, 2.75) is 213 Å². The zero-order valence-corrected chi connectivity index (χ0v) is 29.7. The zero-order valence-electron chi connectivity index (χ0n) is 29.7. The van der Waals surface area contributed by atoms with Crippen LogP contribution < -0.4 is 0 Å². The summed E-state index contributed by atoms with van der Waals surface area (Å²) in [6, 6.07) is 0. The molecule has 0 aliphatic carbocycles. The van der Waals surface area contributed by atoms with Gasteiger partial charge in [-0.1, -0.05) is 141 Å². The Balaban J connectivity index is 3.73. The van der Waals surface area contributed by atoms with E-state index in [0.717, 1.165) is 64.2 Å². The molecule has 0 rings (SSSR count). The highest BCUT2D eigenvalue weighted by Gasteiger charge is 2.38. The van der Waals surface area contributed by atoms with E-state index in [-0.39, 0.29) is 12.8 Å². The first-order chi connectivity index (χ1) is 21.8. The van der Waals surface area contributed by atoms with E-state index in [9.17, 15) is 19.8 Å². The van der Waals surface area contributed by atoms with Gasteiger partial charge >= 0.3 is 17.9 Å². The Labute approximate surface area is 277 Å². The minimum Gasteiger partial charge on any atom is -0.453 e. The lowest BCUT2D eigenvalue weighted by atomic mass is 10.1. The molecule has 0 aromatic rings. The van der Waals surface area contributed by atoms with Gasteiger partial charge in [0.1, 0.15) is 0 Å². The van der Waals surface area contributed by atoms with E-state index >= 15 is 0 Å². The van der Waals surface area contributed by atoms with Crippen LogP contribution in [0.15, 0.2) is 24.3 Å². The summed E-state index contributed by atoms with van der Waals surface area (Å²) in [6.45, 7) is 5.82. The van der Waals surface area contributed by atoms with Crippen LogP contribution in [0.2, 0.25) is 0 Å². The average molecular weight is 637 g/mol. The number of aliphatic hydroxyl groups is 2. The number of carbonyl (C=O) groups excluding carboxylic acids is 2. The highest BCUT2D eigenvalue weighted by molar-refractivity contribution is 5.70. The molecule has 1 unspecified atom stereocenters. The van der Waals surface area contributed by atoms with Gasteiger partial charge in [0.05, 0.1) is 0 Å². The summed E-state index contributed by atoms with van der Waals surface area (Å²) < 4.78 is 9.97. The molecule has 0 radical (unpaired) electrons. The van der Waals surface area contributed by atoms with Gasteiger partial charge in [-0.05, 0) is 71.1 Å². The monoisotopic (exact) mass is 637 g/mol. The van der Waals surface area contributed by atoms with Crippen LogP contribution in [0.25, 0.3) is 0 Å². The molecular weight excluding hydrogens is 564 g/mol. The highest BCUT2D eigenvalue weighted by atomic mass is 16.8. The number of hydrogen-bond donors (Lipinski definition) is 2. The van der Waals surface area contributed by atoms with Crippen molar-refractivity contribution in [3.63, 3.8) is 0 Å². The van der Waals surface area contributed by atoms with Crippen molar-refractivity contribution in [2.24, 2.45) is 0 Å². The third-order valence-electron chi connectivity index (χ3n) is 8.39. The van der Waals surface area contributed by atoms with Gasteiger partial charge in [-0.3, -0.25) is 9.59 Å². The number of carbonyl (C=O) groups is 2. The molecule has 0 bridgehead atoms. The Morgan fingerprint density at radius 1 is 0.511 bits per heavy atom. The smallest absolute Gasteiger partial charge is 0.363 e. The molecule has 0 spiro atoms. The van der Waals surface area contributed by atoms with Gasteiger partial charge in [-0.15, -0.1) is 0 Å². The van der Waals surface area contributed by atoms with E-state index < -0.39 is 24.0 Å². The summed E-state index contributed by atoms with van der Waals surface area (Å²) in [5.41, 5.74) is 0. The topological polar surface area (TPSA) is 93.1 Å². The SMILES string of the molecule is CCCCCCCC/C=C\CCCCCCCC(=O)OC(C)C(O)(O)OC(=O)CCCCCCC/C=C\CCCCCCCC. The van der Waals surface area contributed by atoms with Crippen molar-refractivity contribution in [2.75, 3.05) is 0 Å². The summed E-state index contributed by atoms with van der Waals surface area (Å²) in [5, 5.41) is 20.3. The number of ether oxygens (including phenoxy) is 2. The first kappa shape index (κ1) is 43.3. The molecule has 45 heavy (non-hydrogen) atoms. The number of esters is 2. The van der Waals surface area contributed by atoms with Crippen molar-refractivity contribution in [3.05, 3.63) is 24.3 Å². The van der Waals surface area contributed by atoms with E-state index in [0.29, 0.717) is 12.8 Å². The maximum Gasteiger partial charge on any atom is 0.363 e. The highest BCUT2D eigenvalue weighted by Crippen LogP contribution is 2.17. The summed E-state index contributed by atoms with van der Waals surface area (Å²) in [6.07, 6.45) is 38.6. The molecule has 0 aliphatic heterocycles. The average Bonchev–Trinajstić information content (AvgIpc) is 3.00. The predicted octanol–water partition coefficient (Wildman–Crippen LogP) is 11.2. The summed E-state index contributed by atoms with van der Waals surface area (Å²) in [7, 11) is 0. The summed E-state index contributed by atoms with van der Waals surface area (Å²) >= 11 is 0. The zero-order chi connectivity index (χ0) is 33.3. The van der Waals surface area contributed by atoms with Crippen LogP contribution >= 0.6 is 0 Å². The molecule has 0 saturated heterocycles. The van der Waals surface area contributed by atoms with E-state index in [2.05, 4.69) is 38.2 Å². The molecule has 6 heteroatoms. The van der Waals surface area contributed by atoms with Crippen molar-refractivity contribution < 1.29 is 29.3 Å². The van der Waals surface area contributed by atoms with Crippen LogP contribution in [-0.4, -0.2) is 34.2 Å². The summed E-state index contributed by atoms with van der Waals surface area (Å²) in [4.78, 5) is 24.3. The van der Waals surface area contributed by atoms with Gasteiger partial charge in [0, 0.05) is 12.8 Å². The molecule has 1 atom stereocenters. The van der Waals surface area contributed by atoms with Crippen LogP contribution in [0.3, 0.4) is 0 Å². The Morgan fingerprint density at radius 2 is 0.822 bits per heavy atom. The number of unbranched alkanes of at least 4 members (excludes halogenated alkanes) is 22. The van der Waals surface area contributed by atoms with Crippen LogP contribution in [0.1, 0.15) is 201 Å². The minimum absolute atomic E-state index is 0.108. The second-order valence-electron chi connectivity index (χ2n) is 12.9. The fourth-order valence-electron chi connectivity index (χ4n) is 5.31. The normalized spacial score (nSPS) is 12.7. The fraction of sp³-hybridized carbons (Fsp3) is 0.846. The molecule has 0 heterocycles. The second kappa shape index (κ2) is 32.3. The van der Waals surface area contributed by atoms with Crippen molar-refractivity contribution >= 4 is 11.9 Å². The largest absolute Gasteiger partial charge is 0.453 e. The lowest BCUT2D eigenvalue weighted by Crippen LogP contribution is -2.47. The van der Waals surface area contributed by atoms with Crippen molar-refractivity contribution in [3.8, 4) is 0 Å². The van der Waals surface area contributed by atoms with Crippen molar-refractivity contribution in [1.82, 2.24) is 0 Å². The van der Waals surface area contributed by atoms with E-state index in [1.54, 1.807) is 0 Å². The van der Waals surface area contributed by atoms with Crippen LogP contribution in [0.5, 0.6) is 0 Å². The fourth-order valence-corrected chi connectivity index (χ4v) is 5.31. The van der Waals surface area contributed by atoms with E-state index in [1.807, 2.05) is 0 Å². The lowest BCUT2D eigenvalue weighted by Gasteiger charge is -2.27. The molecular formula is C39H72O6. The second-order valence-corrected chi connectivity index (χ2v) is 12.9. The molecule has 0 aliphatic rings. The Hall–Kier alpha value is -1.66. The van der Waals surface area contributed by atoms with Gasteiger partial charge in [-0.2, -0.15) is 0 Å². The predicted molar refractivity (Wildman–Crippen MR) is 188 cm³/mol. The quantitative estimate of drug-likeness (QED) is 0.0322. The number of rotatable bonds is 33. The van der Waals surface area contributed by atoms with Gasteiger partial charge in [0.2, 0.25) is 0 Å². The van der Waals surface area contributed by atoms with E-state index in [1.165, 1.54) is 96.8 Å². The molecule has 0 amide bonds. The van der Waals surface area contributed by atoms with Gasteiger partial charge < -0.3 is 19.7 Å². The maximum atomic E-state index is 12.2. The molecule has 0 fully saturated rings. The first-order valence-electron chi connectivity index (χ1n) is 19.0. The Bertz CT molecular complexity index is 729. The van der Waals surface area contributed by atoms with Crippen molar-refractivity contribution in [1.29, 1.82) is 0 Å². The van der Waals surface area contributed by atoms with Gasteiger partial charge in [0.15, 0.2) is 6.10 Å². The standard InChI is InChI=1S/C39H72O6/c1-4-6-8-10-12-14-16-18-20-22-24-26-28-30-32-34-37(40)44-36(3)39(42,43)45-38(41)35-33-31-29-27-25-23-21-19-17-15-13-11-9-7-5-2/h18-21,36,42-43H,4-17,22-35H2,1-3H3/b20-18-,21-19-. The molecule has 0 aromatic heterocycles.